The van der Waals surface area contributed by atoms with Crippen molar-refractivity contribution in [2.45, 2.75) is 13.3 Å². The van der Waals surface area contributed by atoms with Crippen LogP contribution in [-0.4, -0.2) is 18.2 Å². The van der Waals surface area contributed by atoms with E-state index >= 15 is 0 Å². The molecule has 0 radical (unpaired) electrons. The number of carbonyl (C=O) groups is 1. The Bertz CT molecular complexity index is 432. The van der Waals surface area contributed by atoms with Crippen molar-refractivity contribution in [3.05, 3.63) is 28.8 Å². The van der Waals surface area contributed by atoms with Gasteiger partial charge >= 0.3 is 5.97 Å². The Morgan fingerprint density at radius 2 is 2.27 bits per heavy atom. The van der Waals surface area contributed by atoms with Gasteiger partial charge in [0.2, 0.25) is 0 Å². The topological polar surface area (TPSA) is 70.3 Å². The number of benzene rings is 1. The fourth-order valence-corrected chi connectivity index (χ4v) is 1.29. The van der Waals surface area contributed by atoms with Crippen molar-refractivity contribution in [1.82, 2.24) is 0 Å². The molecule has 0 aliphatic heterocycles. The molecule has 1 aromatic rings. The Morgan fingerprint density at radius 1 is 1.60 bits per heavy atom. The number of esters is 1. The third kappa shape index (κ3) is 2.08. The van der Waals surface area contributed by atoms with Crippen LogP contribution in [0.2, 0.25) is 0 Å². The molecular formula is C11H11NO3. The van der Waals surface area contributed by atoms with E-state index in [1.54, 1.807) is 6.07 Å². The number of nitrogens with zero attached hydrogens (tertiary/aromatic N) is 1. The quantitative estimate of drug-likeness (QED) is 0.744. The minimum Gasteiger partial charge on any atom is -0.507 e. The van der Waals surface area contributed by atoms with E-state index in [4.69, 9.17) is 5.26 Å². The molecule has 0 bridgehead atoms. The van der Waals surface area contributed by atoms with Gasteiger partial charge in [0.05, 0.1) is 18.7 Å². The van der Waals surface area contributed by atoms with Gasteiger partial charge in [0.15, 0.2) is 0 Å². The molecule has 15 heavy (non-hydrogen) atoms. The SMILES string of the molecule is CCc1cc(C#N)cc(C(=O)OC)c1O. The highest BCUT2D eigenvalue weighted by atomic mass is 16.5. The van der Waals surface area contributed by atoms with Crippen LogP contribution in [0.15, 0.2) is 12.1 Å². The average molecular weight is 205 g/mol. The Morgan fingerprint density at radius 3 is 2.73 bits per heavy atom. The number of aromatic hydroxyl groups is 1. The number of carbonyl (C=O) groups excluding carboxylic acids is 1. The maximum absolute atomic E-state index is 11.3. The van der Waals surface area contributed by atoms with Crippen molar-refractivity contribution in [3.8, 4) is 11.8 Å². The summed E-state index contributed by atoms with van der Waals surface area (Å²) in [5, 5.41) is 18.4. The number of hydrogen-bond donors (Lipinski definition) is 1. The van der Waals surface area contributed by atoms with E-state index in [2.05, 4.69) is 4.74 Å². The van der Waals surface area contributed by atoms with E-state index in [1.807, 2.05) is 13.0 Å². The molecule has 0 atom stereocenters. The zero-order valence-electron chi connectivity index (χ0n) is 8.57. The maximum atomic E-state index is 11.3. The van der Waals surface area contributed by atoms with E-state index in [9.17, 15) is 9.90 Å². The zero-order chi connectivity index (χ0) is 11.4. The van der Waals surface area contributed by atoms with Crippen LogP contribution >= 0.6 is 0 Å². The monoisotopic (exact) mass is 205 g/mol. The molecule has 1 aromatic carbocycles. The summed E-state index contributed by atoms with van der Waals surface area (Å²) < 4.78 is 4.51. The first-order valence-electron chi connectivity index (χ1n) is 4.48. The lowest BCUT2D eigenvalue weighted by atomic mass is 10.0. The lowest BCUT2D eigenvalue weighted by Gasteiger charge is -2.07. The highest BCUT2D eigenvalue weighted by Gasteiger charge is 2.15. The lowest BCUT2D eigenvalue weighted by molar-refractivity contribution is 0.0597. The van der Waals surface area contributed by atoms with Crippen LogP contribution in [0.4, 0.5) is 0 Å². The fraction of sp³-hybridized carbons (Fsp3) is 0.273. The van der Waals surface area contributed by atoms with Gasteiger partial charge in [-0.25, -0.2) is 4.79 Å². The molecule has 0 spiro atoms. The number of phenolic OH excluding ortho intramolecular Hbond substituents is 1. The smallest absolute Gasteiger partial charge is 0.341 e. The summed E-state index contributed by atoms with van der Waals surface area (Å²) in [6.45, 7) is 1.83. The number of methoxy groups -OCH3 is 1. The molecule has 4 heteroatoms. The molecule has 78 valence electrons. The van der Waals surface area contributed by atoms with Crippen LogP contribution in [0.1, 0.15) is 28.4 Å². The molecule has 0 unspecified atom stereocenters. The predicted octanol–water partition coefficient (Wildman–Crippen LogP) is 1.61. The molecular weight excluding hydrogens is 194 g/mol. The second kappa shape index (κ2) is 4.47. The third-order valence-corrected chi connectivity index (χ3v) is 2.10. The number of nitriles is 1. The number of hydrogen-bond acceptors (Lipinski definition) is 4. The Labute approximate surface area is 87.7 Å². The van der Waals surface area contributed by atoms with Crippen molar-refractivity contribution >= 4 is 5.97 Å². The zero-order valence-corrected chi connectivity index (χ0v) is 8.57. The first-order chi connectivity index (χ1) is 7.13. The molecule has 0 saturated carbocycles. The molecule has 0 aliphatic carbocycles. The van der Waals surface area contributed by atoms with Crippen molar-refractivity contribution in [1.29, 1.82) is 5.26 Å². The maximum Gasteiger partial charge on any atom is 0.341 e. The summed E-state index contributed by atoms with van der Waals surface area (Å²) in [5.74, 6) is -0.748. The van der Waals surface area contributed by atoms with Gasteiger partial charge in [-0.05, 0) is 24.1 Å². The normalized spacial score (nSPS) is 9.40. The van der Waals surface area contributed by atoms with Crippen LogP contribution in [0.25, 0.3) is 0 Å². The van der Waals surface area contributed by atoms with Crippen LogP contribution in [0, 0.1) is 11.3 Å². The largest absolute Gasteiger partial charge is 0.507 e. The van der Waals surface area contributed by atoms with E-state index in [1.165, 1.54) is 13.2 Å². The van der Waals surface area contributed by atoms with E-state index in [0.717, 1.165) is 0 Å². The van der Waals surface area contributed by atoms with Gasteiger partial charge in [0.1, 0.15) is 11.3 Å². The van der Waals surface area contributed by atoms with Crippen LogP contribution in [-0.2, 0) is 11.2 Å². The summed E-state index contributed by atoms with van der Waals surface area (Å²) in [6, 6.07) is 4.81. The number of phenols is 1. The minimum atomic E-state index is -0.640. The highest BCUT2D eigenvalue weighted by molar-refractivity contribution is 5.93. The van der Waals surface area contributed by atoms with Gasteiger partial charge in [-0.2, -0.15) is 5.26 Å². The molecule has 4 nitrogen and oxygen atoms in total. The van der Waals surface area contributed by atoms with Crippen LogP contribution in [0.5, 0.6) is 5.75 Å². The van der Waals surface area contributed by atoms with Gasteiger partial charge < -0.3 is 9.84 Å². The van der Waals surface area contributed by atoms with Crippen molar-refractivity contribution < 1.29 is 14.6 Å². The summed E-state index contributed by atoms with van der Waals surface area (Å²) in [4.78, 5) is 11.3. The first-order valence-corrected chi connectivity index (χ1v) is 4.48. The highest BCUT2D eigenvalue weighted by Crippen LogP contribution is 2.25. The van der Waals surface area contributed by atoms with Crippen LogP contribution < -0.4 is 0 Å². The summed E-state index contributed by atoms with van der Waals surface area (Å²) in [6.07, 6.45) is 0.547. The van der Waals surface area contributed by atoms with Gasteiger partial charge in [0, 0.05) is 0 Å². The van der Waals surface area contributed by atoms with Crippen molar-refractivity contribution in [2.24, 2.45) is 0 Å². The Kier molecular flexibility index (Phi) is 3.29. The predicted molar refractivity (Wildman–Crippen MR) is 53.5 cm³/mol. The molecule has 0 aliphatic rings. The molecule has 1 N–H and O–H groups in total. The second-order valence-corrected chi connectivity index (χ2v) is 2.99. The number of rotatable bonds is 2. The fourth-order valence-electron chi connectivity index (χ4n) is 1.29. The lowest BCUT2D eigenvalue weighted by Crippen LogP contribution is -2.03. The van der Waals surface area contributed by atoms with Gasteiger partial charge in [-0.1, -0.05) is 6.92 Å². The minimum absolute atomic E-state index is 0.0356. The molecule has 0 saturated heterocycles. The second-order valence-electron chi connectivity index (χ2n) is 2.99. The number of aryl methyl sites for hydroxylation is 1. The molecule has 0 fully saturated rings. The average Bonchev–Trinajstić information content (AvgIpc) is 2.28. The summed E-state index contributed by atoms with van der Waals surface area (Å²) in [5.41, 5.74) is 0.938. The molecule has 0 amide bonds. The Hall–Kier alpha value is -2.02. The molecule has 0 heterocycles. The van der Waals surface area contributed by atoms with Crippen molar-refractivity contribution in [2.75, 3.05) is 7.11 Å². The van der Waals surface area contributed by atoms with Gasteiger partial charge in [0.25, 0.3) is 0 Å². The van der Waals surface area contributed by atoms with Crippen LogP contribution in [0.3, 0.4) is 0 Å². The summed E-state index contributed by atoms with van der Waals surface area (Å²) >= 11 is 0. The first kappa shape index (κ1) is 11.1. The van der Waals surface area contributed by atoms with E-state index in [-0.39, 0.29) is 11.3 Å². The molecule has 1 rings (SSSR count). The standard InChI is InChI=1S/C11H11NO3/c1-3-8-4-7(6-12)5-9(10(8)13)11(14)15-2/h4-5,13H,3H2,1-2H3. The van der Waals surface area contributed by atoms with Gasteiger partial charge in [-0.3, -0.25) is 0 Å². The van der Waals surface area contributed by atoms with E-state index < -0.39 is 5.97 Å². The Balaban J connectivity index is 3.38. The van der Waals surface area contributed by atoms with Crippen molar-refractivity contribution in [3.63, 3.8) is 0 Å². The van der Waals surface area contributed by atoms with Gasteiger partial charge in [-0.15, -0.1) is 0 Å². The third-order valence-electron chi connectivity index (χ3n) is 2.10. The van der Waals surface area contributed by atoms with E-state index in [0.29, 0.717) is 17.5 Å². The molecule has 0 aromatic heterocycles. The number of ether oxygens (including phenoxy) is 1. The summed E-state index contributed by atoms with van der Waals surface area (Å²) in [7, 11) is 1.23.